The van der Waals surface area contributed by atoms with Crippen LogP contribution in [0.2, 0.25) is 5.02 Å². The van der Waals surface area contributed by atoms with E-state index in [0.717, 1.165) is 10.4 Å². The zero-order valence-corrected chi connectivity index (χ0v) is 14.4. The highest BCUT2D eigenvalue weighted by Crippen LogP contribution is 2.26. The summed E-state index contributed by atoms with van der Waals surface area (Å²) < 4.78 is 2.18. The lowest BCUT2D eigenvalue weighted by Gasteiger charge is -1.99. The number of halogens is 1. The van der Waals surface area contributed by atoms with Crippen LogP contribution in [0.25, 0.3) is 22.4 Å². The monoisotopic (exact) mass is 359 g/mol. The Morgan fingerprint density at radius 1 is 1.22 bits per heavy atom. The summed E-state index contributed by atoms with van der Waals surface area (Å²) in [5.74, 6) is 0.481. The lowest BCUT2D eigenvalue weighted by atomic mass is 10.2. The molecule has 0 saturated carbocycles. The maximum absolute atomic E-state index is 12.8. The summed E-state index contributed by atoms with van der Waals surface area (Å²) in [6.45, 7) is 2.03. The highest BCUT2D eigenvalue weighted by atomic mass is 35.5. The standard InChI is InChI=1S/C16H10ClN3OS2/c1-9-6-7-22-12(9)8-13-15(21)20-14(18-19-16(20)23-13)10-4-2-3-5-11(10)17/h2-8H,1H3. The third-order valence-corrected chi connectivity index (χ3v) is 5.78. The van der Waals surface area contributed by atoms with Crippen LogP contribution < -0.4 is 10.1 Å². The lowest BCUT2D eigenvalue weighted by Crippen LogP contribution is -2.23. The van der Waals surface area contributed by atoms with Gasteiger partial charge >= 0.3 is 0 Å². The average molecular weight is 360 g/mol. The molecule has 0 radical (unpaired) electrons. The molecule has 0 saturated heterocycles. The first-order valence-electron chi connectivity index (χ1n) is 6.84. The van der Waals surface area contributed by atoms with Gasteiger partial charge in [0.1, 0.15) is 0 Å². The van der Waals surface area contributed by atoms with Crippen LogP contribution >= 0.6 is 34.3 Å². The number of benzene rings is 1. The van der Waals surface area contributed by atoms with Crippen molar-refractivity contribution in [3.8, 4) is 11.4 Å². The van der Waals surface area contributed by atoms with Crippen molar-refractivity contribution in [3.63, 3.8) is 0 Å². The molecule has 0 amide bonds. The average Bonchev–Trinajstić information content (AvgIpc) is 3.20. The fourth-order valence-electron chi connectivity index (χ4n) is 2.33. The molecule has 23 heavy (non-hydrogen) atoms. The molecule has 3 aromatic heterocycles. The number of aromatic nitrogens is 3. The summed E-state index contributed by atoms with van der Waals surface area (Å²) >= 11 is 9.18. The van der Waals surface area contributed by atoms with Gasteiger partial charge in [-0.2, -0.15) is 0 Å². The molecule has 0 aliphatic rings. The zero-order chi connectivity index (χ0) is 16.0. The molecule has 4 rings (SSSR count). The Bertz CT molecular complexity index is 1130. The van der Waals surface area contributed by atoms with Gasteiger partial charge in [0.05, 0.1) is 9.55 Å². The van der Waals surface area contributed by atoms with Gasteiger partial charge < -0.3 is 0 Å². The molecule has 0 aliphatic heterocycles. The molecular formula is C16H10ClN3OS2. The minimum absolute atomic E-state index is 0.113. The molecule has 0 N–H and O–H groups in total. The van der Waals surface area contributed by atoms with Gasteiger partial charge in [0.15, 0.2) is 5.82 Å². The minimum Gasteiger partial charge on any atom is -0.267 e. The smallest absolute Gasteiger partial charge is 0.267 e. The Kier molecular flexibility index (Phi) is 3.52. The van der Waals surface area contributed by atoms with E-state index in [9.17, 15) is 4.79 Å². The number of aryl methyl sites for hydroxylation is 1. The van der Waals surface area contributed by atoms with Crippen LogP contribution in [0.3, 0.4) is 0 Å². The zero-order valence-electron chi connectivity index (χ0n) is 12.0. The number of hydrogen-bond acceptors (Lipinski definition) is 5. The lowest BCUT2D eigenvalue weighted by molar-refractivity contribution is 1.09. The summed E-state index contributed by atoms with van der Waals surface area (Å²) in [7, 11) is 0. The van der Waals surface area contributed by atoms with Crippen molar-refractivity contribution in [1.29, 1.82) is 0 Å². The van der Waals surface area contributed by atoms with Crippen LogP contribution in [0.1, 0.15) is 10.4 Å². The first-order valence-corrected chi connectivity index (χ1v) is 8.91. The van der Waals surface area contributed by atoms with Crippen LogP contribution in [-0.4, -0.2) is 14.6 Å². The SMILES string of the molecule is Cc1ccsc1C=c1sc2nnc(-c3ccccc3Cl)n2c1=O. The third-order valence-electron chi connectivity index (χ3n) is 3.53. The van der Waals surface area contributed by atoms with E-state index in [-0.39, 0.29) is 5.56 Å². The highest BCUT2D eigenvalue weighted by Gasteiger charge is 2.16. The van der Waals surface area contributed by atoms with Crippen molar-refractivity contribution in [2.45, 2.75) is 6.92 Å². The van der Waals surface area contributed by atoms with Crippen molar-refractivity contribution >= 4 is 45.3 Å². The van der Waals surface area contributed by atoms with E-state index in [1.165, 1.54) is 15.7 Å². The summed E-state index contributed by atoms with van der Waals surface area (Å²) in [4.78, 5) is 14.4. The Morgan fingerprint density at radius 2 is 2.04 bits per heavy atom. The Balaban J connectivity index is 1.98. The third kappa shape index (κ3) is 2.39. The van der Waals surface area contributed by atoms with Crippen molar-refractivity contribution < 1.29 is 0 Å². The van der Waals surface area contributed by atoms with E-state index in [2.05, 4.69) is 10.2 Å². The predicted octanol–water partition coefficient (Wildman–Crippen LogP) is 3.39. The van der Waals surface area contributed by atoms with Crippen molar-refractivity contribution in [1.82, 2.24) is 14.6 Å². The first kappa shape index (κ1) is 14.6. The van der Waals surface area contributed by atoms with E-state index in [1.807, 2.05) is 42.6 Å². The van der Waals surface area contributed by atoms with E-state index in [4.69, 9.17) is 11.6 Å². The molecule has 0 spiro atoms. The Labute approximate surface area is 144 Å². The van der Waals surface area contributed by atoms with E-state index in [0.29, 0.717) is 25.9 Å². The first-order chi connectivity index (χ1) is 11.1. The fourth-order valence-corrected chi connectivity index (χ4v) is 4.38. The number of thiazole rings is 1. The quantitative estimate of drug-likeness (QED) is 0.551. The molecule has 3 heterocycles. The second-order valence-corrected chi connectivity index (χ2v) is 7.37. The summed E-state index contributed by atoms with van der Waals surface area (Å²) in [6.07, 6.45) is 1.91. The maximum Gasteiger partial charge on any atom is 0.276 e. The summed E-state index contributed by atoms with van der Waals surface area (Å²) in [6, 6.07) is 9.35. The second-order valence-electron chi connectivity index (χ2n) is 5.01. The van der Waals surface area contributed by atoms with E-state index >= 15 is 0 Å². The molecule has 0 fully saturated rings. The molecule has 1 aromatic carbocycles. The molecule has 0 atom stereocenters. The predicted molar refractivity (Wildman–Crippen MR) is 95.4 cm³/mol. The van der Waals surface area contributed by atoms with Gasteiger partial charge in [0.25, 0.3) is 5.56 Å². The molecule has 4 aromatic rings. The number of fused-ring (bicyclic) bond motifs is 1. The van der Waals surface area contributed by atoms with Gasteiger partial charge in [-0.1, -0.05) is 35.1 Å². The van der Waals surface area contributed by atoms with Gasteiger partial charge in [-0.25, -0.2) is 4.40 Å². The number of nitrogens with zero attached hydrogens (tertiary/aromatic N) is 3. The Morgan fingerprint density at radius 3 is 2.78 bits per heavy atom. The largest absolute Gasteiger partial charge is 0.276 e. The minimum atomic E-state index is -0.113. The van der Waals surface area contributed by atoms with Crippen molar-refractivity contribution in [2.24, 2.45) is 0 Å². The van der Waals surface area contributed by atoms with E-state index < -0.39 is 0 Å². The fraction of sp³-hybridized carbons (Fsp3) is 0.0625. The maximum atomic E-state index is 12.8. The summed E-state index contributed by atoms with van der Waals surface area (Å²) in [5, 5.41) is 10.8. The van der Waals surface area contributed by atoms with Crippen LogP contribution in [0.4, 0.5) is 0 Å². The summed E-state index contributed by atoms with van der Waals surface area (Å²) in [5.41, 5.74) is 1.75. The van der Waals surface area contributed by atoms with Gasteiger partial charge in [-0.3, -0.25) is 4.79 Å². The van der Waals surface area contributed by atoms with Gasteiger partial charge in [0, 0.05) is 10.4 Å². The van der Waals surface area contributed by atoms with Crippen LogP contribution in [0, 0.1) is 6.92 Å². The van der Waals surface area contributed by atoms with Gasteiger partial charge in [0.2, 0.25) is 4.96 Å². The van der Waals surface area contributed by atoms with Crippen LogP contribution in [-0.2, 0) is 0 Å². The van der Waals surface area contributed by atoms with Gasteiger partial charge in [-0.15, -0.1) is 21.5 Å². The number of rotatable bonds is 2. The Hall–Kier alpha value is -2.02. The molecule has 0 unspecified atom stereocenters. The molecular weight excluding hydrogens is 350 g/mol. The number of thiophene rings is 1. The van der Waals surface area contributed by atoms with Crippen molar-refractivity contribution in [2.75, 3.05) is 0 Å². The second kappa shape index (κ2) is 5.56. The topological polar surface area (TPSA) is 47.3 Å². The highest BCUT2D eigenvalue weighted by molar-refractivity contribution is 7.15. The van der Waals surface area contributed by atoms with Crippen LogP contribution in [0.15, 0.2) is 40.5 Å². The van der Waals surface area contributed by atoms with Crippen LogP contribution in [0.5, 0.6) is 0 Å². The molecule has 114 valence electrons. The molecule has 0 bridgehead atoms. The number of hydrogen-bond donors (Lipinski definition) is 0. The van der Waals surface area contributed by atoms with Crippen molar-refractivity contribution in [3.05, 3.63) is 66.1 Å². The molecule has 7 heteroatoms. The normalized spacial score (nSPS) is 12.3. The molecule has 0 aliphatic carbocycles. The molecule has 4 nitrogen and oxygen atoms in total. The van der Waals surface area contributed by atoms with E-state index in [1.54, 1.807) is 17.4 Å². The van der Waals surface area contributed by atoms with Gasteiger partial charge in [-0.05, 0) is 42.1 Å².